The summed E-state index contributed by atoms with van der Waals surface area (Å²) in [4.78, 5) is 2.40. The second-order valence-electron chi connectivity index (χ2n) is 5.29. The summed E-state index contributed by atoms with van der Waals surface area (Å²) in [6.45, 7) is 5.41. The van der Waals surface area contributed by atoms with Crippen molar-refractivity contribution in [2.45, 2.75) is 44.4 Å². The minimum absolute atomic E-state index is 0.0436. The highest BCUT2D eigenvalue weighted by Gasteiger charge is 2.27. The number of ether oxygens (including phenoxy) is 1. The summed E-state index contributed by atoms with van der Waals surface area (Å²) in [5, 5.41) is 0. The largest absolute Gasteiger partial charge is 0.379 e. The van der Waals surface area contributed by atoms with Gasteiger partial charge in [0.2, 0.25) is 0 Å². The molecule has 1 aliphatic heterocycles. The van der Waals surface area contributed by atoms with E-state index >= 15 is 0 Å². The second kappa shape index (κ2) is 6.24. The second-order valence-corrected chi connectivity index (χ2v) is 6.44. The molecule has 0 bridgehead atoms. The van der Waals surface area contributed by atoms with Crippen molar-refractivity contribution in [3.63, 3.8) is 0 Å². The Labute approximate surface area is 104 Å². The summed E-state index contributed by atoms with van der Waals surface area (Å²) in [5.74, 6) is 2.41. The van der Waals surface area contributed by atoms with Crippen LogP contribution in [0, 0.1) is 0 Å². The first-order valence-electron chi connectivity index (χ1n) is 6.05. The average molecular weight is 246 g/mol. The summed E-state index contributed by atoms with van der Waals surface area (Å²) in [7, 11) is 3.96. The highest BCUT2D eigenvalue weighted by molar-refractivity contribution is 7.99. The van der Waals surface area contributed by atoms with Crippen molar-refractivity contribution in [3.8, 4) is 0 Å². The Bertz CT molecular complexity index is 211. The number of nitrogens with zero attached hydrogens (tertiary/aromatic N) is 1. The lowest BCUT2D eigenvalue weighted by molar-refractivity contribution is 0.0107. The zero-order valence-electron chi connectivity index (χ0n) is 11.0. The number of methoxy groups -OCH3 is 1. The lowest BCUT2D eigenvalue weighted by Gasteiger charge is -2.37. The molecule has 2 atom stereocenters. The number of hydrogen-bond acceptors (Lipinski definition) is 4. The van der Waals surface area contributed by atoms with Crippen LogP contribution in [0.3, 0.4) is 0 Å². The van der Waals surface area contributed by atoms with E-state index in [2.05, 4.69) is 25.8 Å². The van der Waals surface area contributed by atoms with Gasteiger partial charge in [0, 0.05) is 37.2 Å². The summed E-state index contributed by atoms with van der Waals surface area (Å²) >= 11 is 2.02. The number of nitrogens with two attached hydrogens (primary N) is 1. The van der Waals surface area contributed by atoms with E-state index in [-0.39, 0.29) is 11.6 Å². The highest BCUT2D eigenvalue weighted by Crippen LogP contribution is 2.22. The van der Waals surface area contributed by atoms with Gasteiger partial charge in [-0.05, 0) is 33.7 Å². The molecule has 0 saturated carbocycles. The SMILES string of the molecule is COC(C)(C)CCC(N)C1CSCCN1C. The molecule has 0 aromatic carbocycles. The van der Waals surface area contributed by atoms with E-state index < -0.39 is 0 Å². The summed E-state index contributed by atoms with van der Waals surface area (Å²) < 4.78 is 5.43. The molecule has 1 fully saturated rings. The summed E-state index contributed by atoms with van der Waals surface area (Å²) in [6.07, 6.45) is 2.07. The topological polar surface area (TPSA) is 38.5 Å². The van der Waals surface area contributed by atoms with E-state index in [0.29, 0.717) is 6.04 Å². The summed E-state index contributed by atoms with van der Waals surface area (Å²) in [6, 6.07) is 0.804. The molecule has 16 heavy (non-hydrogen) atoms. The third-order valence-electron chi connectivity index (χ3n) is 3.57. The van der Waals surface area contributed by atoms with E-state index in [1.807, 2.05) is 11.8 Å². The number of hydrogen-bond donors (Lipinski definition) is 1. The smallest absolute Gasteiger partial charge is 0.0623 e. The van der Waals surface area contributed by atoms with Crippen LogP contribution in [0.5, 0.6) is 0 Å². The standard InChI is InChI=1S/C12H26N2OS/c1-12(2,15-4)6-5-10(13)11-9-16-8-7-14(11)3/h10-11H,5-9,13H2,1-4H3. The van der Waals surface area contributed by atoms with Gasteiger partial charge in [-0.15, -0.1) is 0 Å². The number of thioether (sulfide) groups is 1. The van der Waals surface area contributed by atoms with Crippen LogP contribution in [0.25, 0.3) is 0 Å². The van der Waals surface area contributed by atoms with Crippen molar-refractivity contribution >= 4 is 11.8 Å². The molecule has 1 saturated heterocycles. The van der Waals surface area contributed by atoms with Crippen LogP contribution in [0.1, 0.15) is 26.7 Å². The first-order chi connectivity index (χ1) is 7.46. The molecule has 1 rings (SSSR count). The van der Waals surface area contributed by atoms with Gasteiger partial charge >= 0.3 is 0 Å². The molecule has 2 N–H and O–H groups in total. The Balaban J connectivity index is 2.36. The van der Waals surface area contributed by atoms with Gasteiger partial charge in [-0.2, -0.15) is 11.8 Å². The van der Waals surface area contributed by atoms with E-state index in [1.165, 1.54) is 11.5 Å². The Morgan fingerprint density at radius 1 is 1.56 bits per heavy atom. The molecule has 1 heterocycles. The van der Waals surface area contributed by atoms with Gasteiger partial charge in [0.1, 0.15) is 0 Å². The average Bonchev–Trinajstić information content (AvgIpc) is 2.27. The lowest BCUT2D eigenvalue weighted by atomic mass is 9.95. The van der Waals surface area contributed by atoms with E-state index in [1.54, 1.807) is 7.11 Å². The third-order valence-corrected chi connectivity index (χ3v) is 4.62. The van der Waals surface area contributed by atoms with Crippen molar-refractivity contribution < 1.29 is 4.74 Å². The fourth-order valence-corrected chi connectivity index (χ4v) is 3.29. The van der Waals surface area contributed by atoms with Crippen LogP contribution in [0.4, 0.5) is 0 Å². The molecule has 0 aromatic heterocycles. The van der Waals surface area contributed by atoms with Gasteiger partial charge in [0.15, 0.2) is 0 Å². The molecule has 1 aliphatic rings. The van der Waals surface area contributed by atoms with Crippen LogP contribution in [-0.4, -0.2) is 54.8 Å². The van der Waals surface area contributed by atoms with E-state index in [0.717, 1.165) is 19.4 Å². The van der Waals surface area contributed by atoms with Crippen molar-refractivity contribution in [2.24, 2.45) is 5.73 Å². The van der Waals surface area contributed by atoms with Crippen LogP contribution in [-0.2, 0) is 4.74 Å². The van der Waals surface area contributed by atoms with Crippen LogP contribution in [0.2, 0.25) is 0 Å². The molecule has 0 spiro atoms. The predicted molar refractivity (Wildman–Crippen MR) is 72.0 cm³/mol. The third kappa shape index (κ3) is 4.24. The van der Waals surface area contributed by atoms with Crippen molar-refractivity contribution in [1.82, 2.24) is 4.90 Å². The molecular weight excluding hydrogens is 220 g/mol. The minimum atomic E-state index is -0.0436. The Hall–Kier alpha value is 0.230. The maximum atomic E-state index is 6.29. The first kappa shape index (κ1) is 14.3. The monoisotopic (exact) mass is 246 g/mol. The van der Waals surface area contributed by atoms with Crippen LogP contribution < -0.4 is 5.73 Å². The van der Waals surface area contributed by atoms with Gasteiger partial charge in [-0.1, -0.05) is 0 Å². The van der Waals surface area contributed by atoms with Crippen LogP contribution in [0.15, 0.2) is 0 Å². The zero-order valence-corrected chi connectivity index (χ0v) is 11.8. The molecule has 4 heteroatoms. The Morgan fingerprint density at radius 3 is 2.81 bits per heavy atom. The van der Waals surface area contributed by atoms with Gasteiger partial charge in [0.05, 0.1) is 5.60 Å². The normalized spacial score (nSPS) is 25.7. The maximum Gasteiger partial charge on any atom is 0.0623 e. The van der Waals surface area contributed by atoms with E-state index in [9.17, 15) is 0 Å². The first-order valence-corrected chi connectivity index (χ1v) is 7.20. The van der Waals surface area contributed by atoms with Crippen molar-refractivity contribution in [2.75, 3.05) is 32.2 Å². The molecular formula is C12H26N2OS. The molecule has 0 aromatic rings. The molecule has 0 amide bonds. The predicted octanol–water partition coefficient (Wildman–Crippen LogP) is 1.57. The van der Waals surface area contributed by atoms with Gasteiger partial charge < -0.3 is 15.4 Å². The highest BCUT2D eigenvalue weighted by atomic mass is 32.2. The van der Waals surface area contributed by atoms with Gasteiger partial charge in [-0.3, -0.25) is 0 Å². The quantitative estimate of drug-likeness (QED) is 0.799. The molecule has 96 valence electrons. The summed E-state index contributed by atoms with van der Waals surface area (Å²) in [5.41, 5.74) is 6.25. The maximum absolute atomic E-state index is 6.29. The number of rotatable bonds is 5. The Morgan fingerprint density at radius 2 is 2.25 bits per heavy atom. The van der Waals surface area contributed by atoms with Crippen molar-refractivity contribution in [1.29, 1.82) is 0 Å². The fourth-order valence-electron chi connectivity index (χ4n) is 1.96. The molecule has 0 aliphatic carbocycles. The van der Waals surface area contributed by atoms with Gasteiger partial charge in [-0.25, -0.2) is 0 Å². The molecule has 0 radical (unpaired) electrons. The number of likely N-dealkylation sites (N-methyl/N-ethyl adjacent to an activating group) is 1. The lowest BCUT2D eigenvalue weighted by Crippen LogP contribution is -2.51. The van der Waals surface area contributed by atoms with Gasteiger partial charge in [0.25, 0.3) is 0 Å². The fraction of sp³-hybridized carbons (Fsp3) is 1.00. The molecule has 2 unspecified atom stereocenters. The Kier molecular flexibility index (Phi) is 5.57. The zero-order chi connectivity index (χ0) is 12.2. The molecule has 3 nitrogen and oxygen atoms in total. The minimum Gasteiger partial charge on any atom is -0.379 e. The van der Waals surface area contributed by atoms with Crippen molar-refractivity contribution in [3.05, 3.63) is 0 Å². The van der Waals surface area contributed by atoms with Crippen LogP contribution >= 0.6 is 11.8 Å². The van der Waals surface area contributed by atoms with E-state index in [4.69, 9.17) is 10.5 Å².